The van der Waals surface area contributed by atoms with Gasteiger partial charge in [-0.1, -0.05) is 30.3 Å². The summed E-state index contributed by atoms with van der Waals surface area (Å²) in [5.41, 5.74) is 2.98. The Labute approximate surface area is 191 Å². The van der Waals surface area contributed by atoms with E-state index in [2.05, 4.69) is 26.6 Å². The smallest absolute Gasteiger partial charge is 0.255 e. The van der Waals surface area contributed by atoms with Gasteiger partial charge in [0, 0.05) is 23.4 Å². The van der Waals surface area contributed by atoms with Gasteiger partial charge in [0.15, 0.2) is 0 Å². The first-order valence-electron chi connectivity index (χ1n) is 10.1. The Balaban J connectivity index is 1.53. The van der Waals surface area contributed by atoms with Gasteiger partial charge in [0.1, 0.15) is 5.75 Å². The highest BCUT2D eigenvalue weighted by Crippen LogP contribution is 2.27. The van der Waals surface area contributed by atoms with E-state index in [1.54, 1.807) is 42.5 Å². The molecule has 0 saturated carbocycles. The summed E-state index contributed by atoms with van der Waals surface area (Å²) < 4.78 is 6.40. The summed E-state index contributed by atoms with van der Waals surface area (Å²) in [4.78, 5) is 24.7. The van der Waals surface area contributed by atoms with Crippen LogP contribution in [0.15, 0.2) is 77.3 Å². The van der Waals surface area contributed by atoms with Crippen molar-refractivity contribution in [3.63, 3.8) is 0 Å². The van der Waals surface area contributed by atoms with Crippen molar-refractivity contribution in [1.82, 2.24) is 0 Å². The van der Waals surface area contributed by atoms with E-state index in [9.17, 15) is 9.59 Å². The van der Waals surface area contributed by atoms with Gasteiger partial charge in [0.2, 0.25) is 5.91 Å². The highest BCUT2D eigenvalue weighted by molar-refractivity contribution is 9.10. The number of hydrogen-bond acceptors (Lipinski definition) is 3. The molecule has 0 spiro atoms. The molecule has 0 unspecified atom stereocenters. The van der Waals surface area contributed by atoms with Crippen molar-refractivity contribution in [3.8, 4) is 5.75 Å². The van der Waals surface area contributed by atoms with Crippen molar-refractivity contribution >= 4 is 39.1 Å². The van der Waals surface area contributed by atoms with Crippen molar-refractivity contribution in [2.45, 2.75) is 32.8 Å². The highest BCUT2D eigenvalue weighted by atomic mass is 79.9. The summed E-state index contributed by atoms with van der Waals surface area (Å²) in [5.74, 6) is 0.421. The van der Waals surface area contributed by atoms with Crippen LogP contribution in [0.3, 0.4) is 0 Å². The highest BCUT2D eigenvalue weighted by Gasteiger charge is 2.11. The van der Waals surface area contributed by atoms with Crippen LogP contribution < -0.4 is 15.4 Å². The zero-order valence-corrected chi connectivity index (χ0v) is 19.1. The van der Waals surface area contributed by atoms with Gasteiger partial charge < -0.3 is 15.4 Å². The minimum absolute atomic E-state index is 0.0470. The number of anilines is 2. The SMILES string of the molecule is CC(C)Oc1ccc(C(=O)Nc2ccc(NC(=O)CCc3ccccc3)cc2)cc1Br. The molecule has 0 atom stereocenters. The summed E-state index contributed by atoms with van der Waals surface area (Å²) >= 11 is 3.44. The fourth-order valence-electron chi connectivity index (χ4n) is 2.96. The van der Waals surface area contributed by atoms with Crippen LogP contribution in [0.5, 0.6) is 5.75 Å². The topological polar surface area (TPSA) is 67.4 Å². The van der Waals surface area contributed by atoms with Crippen molar-refractivity contribution in [1.29, 1.82) is 0 Å². The van der Waals surface area contributed by atoms with Crippen molar-refractivity contribution in [2.75, 3.05) is 10.6 Å². The van der Waals surface area contributed by atoms with E-state index < -0.39 is 0 Å². The van der Waals surface area contributed by atoms with Crippen LogP contribution >= 0.6 is 15.9 Å². The van der Waals surface area contributed by atoms with Crippen molar-refractivity contribution in [2.24, 2.45) is 0 Å². The van der Waals surface area contributed by atoms with Crippen LogP contribution in [0.4, 0.5) is 11.4 Å². The third-order valence-electron chi connectivity index (χ3n) is 4.47. The van der Waals surface area contributed by atoms with E-state index in [0.717, 1.165) is 10.0 Å². The van der Waals surface area contributed by atoms with Crippen molar-refractivity contribution < 1.29 is 14.3 Å². The maximum Gasteiger partial charge on any atom is 0.255 e. The average molecular weight is 481 g/mol. The lowest BCUT2D eigenvalue weighted by molar-refractivity contribution is -0.116. The predicted octanol–water partition coefficient (Wildman–Crippen LogP) is 6.06. The van der Waals surface area contributed by atoms with E-state index in [0.29, 0.717) is 35.5 Å². The van der Waals surface area contributed by atoms with Gasteiger partial charge in [-0.05, 0) is 84.2 Å². The lowest BCUT2D eigenvalue weighted by atomic mass is 10.1. The molecule has 0 radical (unpaired) electrons. The number of aryl methyl sites for hydroxylation is 1. The normalized spacial score (nSPS) is 10.6. The average Bonchev–Trinajstić information content (AvgIpc) is 2.75. The van der Waals surface area contributed by atoms with Crippen LogP contribution in [0, 0.1) is 0 Å². The van der Waals surface area contributed by atoms with Crippen LogP contribution in [-0.2, 0) is 11.2 Å². The number of nitrogens with one attached hydrogen (secondary N) is 2. The summed E-state index contributed by atoms with van der Waals surface area (Å²) in [6.45, 7) is 3.89. The molecule has 6 heteroatoms. The van der Waals surface area contributed by atoms with Gasteiger partial charge >= 0.3 is 0 Å². The molecule has 0 aliphatic heterocycles. The first-order chi connectivity index (χ1) is 14.9. The Kier molecular flexibility index (Phi) is 7.84. The zero-order chi connectivity index (χ0) is 22.2. The first-order valence-corrected chi connectivity index (χ1v) is 10.9. The number of carbonyl (C=O) groups is 2. The molecule has 0 heterocycles. The van der Waals surface area contributed by atoms with E-state index in [4.69, 9.17) is 4.74 Å². The number of rotatable bonds is 8. The lowest BCUT2D eigenvalue weighted by Crippen LogP contribution is -2.14. The molecule has 3 aromatic rings. The van der Waals surface area contributed by atoms with Gasteiger partial charge in [0.25, 0.3) is 5.91 Å². The van der Waals surface area contributed by atoms with Crippen LogP contribution in [0.25, 0.3) is 0 Å². The van der Waals surface area contributed by atoms with E-state index in [1.807, 2.05) is 44.2 Å². The minimum atomic E-state index is -0.226. The van der Waals surface area contributed by atoms with Gasteiger partial charge in [-0.3, -0.25) is 9.59 Å². The zero-order valence-electron chi connectivity index (χ0n) is 17.5. The van der Waals surface area contributed by atoms with Gasteiger partial charge in [-0.2, -0.15) is 0 Å². The third-order valence-corrected chi connectivity index (χ3v) is 5.09. The second kappa shape index (κ2) is 10.8. The largest absolute Gasteiger partial charge is 0.490 e. The molecule has 3 rings (SSSR count). The first kappa shape index (κ1) is 22.6. The van der Waals surface area contributed by atoms with Gasteiger partial charge in [-0.25, -0.2) is 0 Å². The molecule has 0 aliphatic rings. The number of amides is 2. The second-order valence-corrected chi connectivity index (χ2v) is 8.23. The molecule has 0 aliphatic carbocycles. The summed E-state index contributed by atoms with van der Waals surface area (Å²) in [6.07, 6.45) is 1.15. The Hall–Kier alpha value is -3.12. The molecule has 0 aromatic heterocycles. The number of hydrogen-bond donors (Lipinski definition) is 2. The molecule has 0 saturated heterocycles. The number of halogens is 1. The minimum Gasteiger partial charge on any atom is -0.490 e. The van der Waals surface area contributed by atoms with Gasteiger partial charge in [0.05, 0.1) is 10.6 Å². The second-order valence-electron chi connectivity index (χ2n) is 7.38. The van der Waals surface area contributed by atoms with E-state index >= 15 is 0 Å². The van der Waals surface area contributed by atoms with Crippen LogP contribution in [0.1, 0.15) is 36.2 Å². The lowest BCUT2D eigenvalue weighted by Gasteiger charge is -2.13. The Morgan fingerprint density at radius 3 is 2.16 bits per heavy atom. The fraction of sp³-hybridized carbons (Fsp3) is 0.200. The molecular formula is C25H25BrN2O3. The molecule has 2 amide bonds. The molecule has 160 valence electrons. The van der Waals surface area contributed by atoms with Crippen LogP contribution in [0.2, 0.25) is 0 Å². The molecule has 2 N–H and O–H groups in total. The third kappa shape index (κ3) is 6.96. The Bertz CT molecular complexity index is 1030. The van der Waals surface area contributed by atoms with Crippen molar-refractivity contribution in [3.05, 3.63) is 88.4 Å². The quantitative estimate of drug-likeness (QED) is 0.411. The molecule has 0 bridgehead atoms. The molecular weight excluding hydrogens is 456 g/mol. The number of ether oxygens (including phenoxy) is 1. The number of benzene rings is 3. The Morgan fingerprint density at radius 2 is 1.55 bits per heavy atom. The summed E-state index contributed by atoms with van der Waals surface area (Å²) in [7, 11) is 0. The molecule has 31 heavy (non-hydrogen) atoms. The number of carbonyl (C=O) groups excluding carboxylic acids is 2. The maximum absolute atomic E-state index is 12.5. The van der Waals surface area contributed by atoms with Crippen LogP contribution in [-0.4, -0.2) is 17.9 Å². The molecule has 0 fully saturated rings. The monoisotopic (exact) mass is 480 g/mol. The van der Waals surface area contributed by atoms with E-state index in [-0.39, 0.29) is 17.9 Å². The standard InChI is InChI=1S/C25H25BrN2O3/c1-17(2)31-23-14-9-19(16-22(23)26)25(30)28-21-12-10-20(11-13-21)27-24(29)15-8-18-6-4-3-5-7-18/h3-7,9-14,16-17H,8,15H2,1-2H3,(H,27,29)(H,28,30). The molecule has 5 nitrogen and oxygen atoms in total. The molecule has 3 aromatic carbocycles. The van der Waals surface area contributed by atoms with Gasteiger partial charge in [-0.15, -0.1) is 0 Å². The Morgan fingerprint density at radius 1 is 0.903 bits per heavy atom. The predicted molar refractivity (Wildman–Crippen MR) is 128 cm³/mol. The van der Waals surface area contributed by atoms with E-state index in [1.165, 1.54) is 0 Å². The maximum atomic E-state index is 12.5. The summed E-state index contributed by atoms with van der Waals surface area (Å²) in [5, 5.41) is 5.74. The fourth-order valence-corrected chi connectivity index (χ4v) is 3.43. The summed E-state index contributed by atoms with van der Waals surface area (Å²) in [6, 6.07) is 22.2.